The van der Waals surface area contributed by atoms with Crippen molar-refractivity contribution in [3.8, 4) is 0 Å². The van der Waals surface area contributed by atoms with Gasteiger partial charge in [0.15, 0.2) is 0 Å². The lowest BCUT2D eigenvalue weighted by atomic mass is 10.1. The maximum absolute atomic E-state index is 12.4. The molecule has 0 radical (unpaired) electrons. The van der Waals surface area contributed by atoms with Crippen molar-refractivity contribution in [3.05, 3.63) is 35.9 Å². The van der Waals surface area contributed by atoms with E-state index in [-0.39, 0.29) is 30.8 Å². The van der Waals surface area contributed by atoms with Gasteiger partial charge in [0.1, 0.15) is 12.2 Å². The van der Waals surface area contributed by atoms with Crippen molar-refractivity contribution in [2.75, 3.05) is 19.4 Å². The predicted molar refractivity (Wildman–Crippen MR) is 93.0 cm³/mol. The number of hydrogen-bond acceptors (Lipinski definition) is 5. The lowest BCUT2D eigenvalue weighted by molar-refractivity contribution is -0.139. The smallest absolute Gasteiger partial charge is 0.337 e. The number of benzene rings is 1. The van der Waals surface area contributed by atoms with Crippen LogP contribution in [0.3, 0.4) is 0 Å². The van der Waals surface area contributed by atoms with Crippen molar-refractivity contribution in [2.24, 2.45) is 0 Å². The zero-order valence-electron chi connectivity index (χ0n) is 13.2. The largest absolute Gasteiger partial charge is 0.480 e. The van der Waals surface area contributed by atoms with E-state index in [4.69, 9.17) is 21.3 Å². The Bertz CT molecular complexity index is 556. The Labute approximate surface area is 141 Å². The molecule has 1 rings (SSSR count). The summed E-state index contributed by atoms with van der Waals surface area (Å²) in [5.41, 5.74) is 0.869. The van der Waals surface area contributed by atoms with E-state index in [1.807, 2.05) is 30.3 Å². The van der Waals surface area contributed by atoms with Gasteiger partial charge in [0, 0.05) is 6.42 Å². The summed E-state index contributed by atoms with van der Waals surface area (Å²) in [7, 11) is -3.34. The van der Waals surface area contributed by atoms with E-state index in [9.17, 15) is 14.5 Å². The molecule has 1 atom stereocenters. The second kappa shape index (κ2) is 9.78. The lowest BCUT2D eigenvalue weighted by Gasteiger charge is -2.20. The van der Waals surface area contributed by atoms with Gasteiger partial charge in [-0.1, -0.05) is 42.5 Å². The van der Waals surface area contributed by atoms with E-state index in [1.165, 1.54) is 0 Å². The van der Waals surface area contributed by atoms with Gasteiger partial charge in [-0.15, -0.1) is 0 Å². The van der Waals surface area contributed by atoms with Crippen LogP contribution in [0.4, 0.5) is 0 Å². The molecule has 0 saturated heterocycles. The fourth-order valence-electron chi connectivity index (χ4n) is 1.99. The lowest BCUT2D eigenvalue weighted by Crippen LogP contribution is -2.42. The number of hydrogen-bond donors (Lipinski definition) is 2. The third-order valence-electron chi connectivity index (χ3n) is 2.90. The first-order valence-electron chi connectivity index (χ1n) is 7.34. The monoisotopic (exact) mass is 359 g/mol. The molecule has 0 fully saturated rings. The highest BCUT2D eigenvalue weighted by Crippen LogP contribution is 2.47. The number of carboxylic acid groups (broad SMARTS) is 1. The fraction of sp³-hybridized carbons (Fsp3) is 0.467. The van der Waals surface area contributed by atoms with Crippen molar-refractivity contribution in [2.45, 2.75) is 26.3 Å². The Hall–Kier alpha value is -1.27. The molecule has 0 aliphatic heterocycles. The van der Waals surface area contributed by atoms with E-state index < -0.39 is 19.6 Å². The number of rotatable bonds is 10. The average molecular weight is 359 g/mol. The zero-order chi connectivity index (χ0) is 17.3. The highest BCUT2D eigenvalue weighted by Gasteiger charge is 2.28. The minimum absolute atomic E-state index is 0.136. The summed E-state index contributed by atoms with van der Waals surface area (Å²) in [6.45, 7) is 3.87. The molecule has 0 amide bonds. The number of aliphatic carboxylic acids is 1. The number of carbonyl (C=O) groups is 1. The molecule has 0 aromatic heterocycles. The van der Waals surface area contributed by atoms with Gasteiger partial charge < -0.3 is 19.5 Å². The van der Waals surface area contributed by atoms with Gasteiger partial charge in [0.25, 0.3) is 0 Å². The molecule has 0 aliphatic carbocycles. The van der Waals surface area contributed by atoms with Crippen LogP contribution in [0.2, 0.25) is 0 Å². The van der Waals surface area contributed by atoms with Crippen molar-refractivity contribution < 1.29 is 23.5 Å². The molecule has 128 valence electrons. The van der Waals surface area contributed by atoms with E-state index in [2.05, 4.69) is 5.32 Å². The van der Waals surface area contributed by atoms with Crippen LogP contribution in [-0.2, 0) is 24.8 Å². The summed E-state index contributed by atoms with van der Waals surface area (Å²) in [6.07, 6.45) is 0.131. The first-order chi connectivity index (χ1) is 10.9. The molecule has 0 heterocycles. The second-order valence-electron chi connectivity index (χ2n) is 4.75. The molecular formula is C15H22NO5PS. The van der Waals surface area contributed by atoms with E-state index in [0.29, 0.717) is 0 Å². The van der Waals surface area contributed by atoms with Gasteiger partial charge in [-0.25, -0.2) is 4.79 Å². The van der Waals surface area contributed by atoms with Crippen molar-refractivity contribution >= 4 is 30.8 Å². The van der Waals surface area contributed by atoms with Gasteiger partial charge in [-0.3, -0.25) is 4.57 Å². The first kappa shape index (κ1) is 19.8. The molecule has 1 unspecified atom stereocenters. The topological polar surface area (TPSA) is 84.9 Å². The molecule has 1 aromatic carbocycles. The van der Waals surface area contributed by atoms with Gasteiger partial charge in [0.05, 0.1) is 18.2 Å². The molecule has 8 heteroatoms. The SMILES string of the molecule is CCOP(=O)(CC(=S)NC(Cc1ccccc1)C(=O)O)OCC. The summed E-state index contributed by atoms with van der Waals surface area (Å²) < 4.78 is 22.7. The third kappa shape index (κ3) is 7.22. The van der Waals surface area contributed by atoms with Crippen LogP contribution in [0.5, 0.6) is 0 Å². The highest BCUT2D eigenvalue weighted by atomic mass is 32.1. The second-order valence-corrected chi connectivity index (χ2v) is 7.30. The molecule has 1 aromatic rings. The maximum atomic E-state index is 12.4. The molecule has 0 spiro atoms. The van der Waals surface area contributed by atoms with Crippen LogP contribution in [0, 0.1) is 0 Å². The summed E-state index contributed by atoms with van der Waals surface area (Å²) in [6, 6.07) is 8.31. The summed E-state index contributed by atoms with van der Waals surface area (Å²) in [5.74, 6) is -1.03. The zero-order valence-corrected chi connectivity index (χ0v) is 14.9. The van der Waals surface area contributed by atoms with Crippen LogP contribution >= 0.6 is 19.8 Å². The van der Waals surface area contributed by atoms with Crippen LogP contribution < -0.4 is 5.32 Å². The number of thiocarbonyl (C=S) groups is 1. The van der Waals surface area contributed by atoms with Gasteiger partial charge in [-0.05, 0) is 19.4 Å². The van der Waals surface area contributed by atoms with Crippen molar-refractivity contribution in [3.63, 3.8) is 0 Å². The molecule has 2 N–H and O–H groups in total. The molecular weight excluding hydrogens is 337 g/mol. The Balaban J connectivity index is 2.70. The van der Waals surface area contributed by atoms with Crippen LogP contribution in [0.25, 0.3) is 0 Å². The van der Waals surface area contributed by atoms with Crippen molar-refractivity contribution in [1.82, 2.24) is 5.32 Å². The Morgan fingerprint density at radius 3 is 2.30 bits per heavy atom. The minimum atomic E-state index is -3.34. The molecule has 0 aliphatic rings. The van der Waals surface area contributed by atoms with E-state index >= 15 is 0 Å². The Kier molecular flexibility index (Phi) is 8.41. The number of carboxylic acids is 1. The molecule has 0 saturated carbocycles. The fourth-order valence-corrected chi connectivity index (χ4v) is 4.09. The quantitative estimate of drug-likeness (QED) is 0.491. The standard InChI is InChI=1S/C15H22NO5PS/c1-3-20-22(19,21-4-2)11-14(23)16-13(15(17)18)10-12-8-6-5-7-9-12/h5-9,13H,3-4,10-11H2,1-2H3,(H,16,23)(H,17,18). The first-order valence-corrected chi connectivity index (χ1v) is 9.48. The summed E-state index contributed by atoms with van der Waals surface area (Å²) >= 11 is 5.14. The van der Waals surface area contributed by atoms with Gasteiger partial charge in [-0.2, -0.15) is 0 Å². The highest BCUT2D eigenvalue weighted by molar-refractivity contribution is 7.81. The normalized spacial score (nSPS) is 12.6. The predicted octanol–water partition coefficient (Wildman–Crippen LogP) is 2.87. The Morgan fingerprint density at radius 2 is 1.83 bits per heavy atom. The third-order valence-corrected chi connectivity index (χ3v) is 5.39. The minimum Gasteiger partial charge on any atom is -0.480 e. The molecule has 23 heavy (non-hydrogen) atoms. The van der Waals surface area contributed by atoms with Gasteiger partial charge >= 0.3 is 13.6 Å². The van der Waals surface area contributed by atoms with Gasteiger partial charge in [0.2, 0.25) is 0 Å². The maximum Gasteiger partial charge on any atom is 0.337 e. The molecule has 0 bridgehead atoms. The average Bonchev–Trinajstić information content (AvgIpc) is 2.47. The summed E-state index contributed by atoms with van der Waals surface area (Å²) in [4.78, 5) is 11.6. The van der Waals surface area contributed by atoms with Crippen LogP contribution in [0.1, 0.15) is 19.4 Å². The van der Waals surface area contributed by atoms with Crippen molar-refractivity contribution in [1.29, 1.82) is 0 Å². The molecule has 6 nitrogen and oxygen atoms in total. The van der Waals surface area contributed by atoms with E-state index in [0.717, 1.165) is 5.56 Å². The van der Waals surface area contributed by atoms with Crippen LogP contribution in [-0.4, -0.2) is 41.5 Å². The number of nitrogens with one attached hydrogen (secondary N) is 1. The Morgan fingerprint density at radius 1 is 1.26 bits per heavy atom. The van der Waals surface area contributed by atoms with Crippen LogP contribution in [0.15, 0.2) is 30.3 Å². The summed E-state index contributed by atoms with van der Waals surface area (Å²) in [5, 5.41) is 12.1. The van der Waals surface area contributed by atoms with E-state index in [1.54, 1.807) is 13.8 Å².